The third kappa shape index (κ3) is 8.19. The first-order chi connectivity index (χ1) is 14.4. The molecule has 31 heavy (non-hydrogen) atoms. The molecule has 0 aromatic heterocycles. The van der Waals surface area contributed by atoms with Crippen molar-refractivity contribution >= 4 is 27.5 Å². The highest BCUT2D eigenvalue weighted by atomic mass is 79.9. The largest absolute Gasteiger partial charge is 0.493 e. The lowest BCUT2D eigenvalue weighted by Crippen LogP contribution is -2.42. The molecule has 170 valence electrons. The van der Waals surface area contributed by atoms with Gasteiger partial charge in [0.1, 0.15) is 0 Å². The molecule has 0 fully saturated rings. The Morgan fingerprint density at radius 3 is 2.26 bits per heavy atom. The van der Waals surface area contributed by atoms with Gasteiger partial charge in [0, 0.05) is 27.8 Å². The third-order valence-electron chi connectivity index (χ3n) is 4.79. The zero-order valence-electron chi connectivity index (χ0n) is 19.7. The number of hydrogen-bond donors (Lipinski definition) is 2. The molecule has 0 aliphatic heterocycles. The van der Waals surface area contributed by atoms with E-state index in [0.717, 1.165) is 27.7 Å². The lowest BCUT2D eigenvalue weighted by molar-refractivity contribution is -0.118. The second-order valence-electron chi connectivity index (χ2n) is 9.74. The van der Waals surface area contributed by atoms with Gasteiger partial charge in [0.15, 0.2) is 18.1 Å². The number of carbonyl (C=O) groups excluding carboxylic acids is 1. The third-order valence-corrected chi connectivity index (χ3v) is 5.53. The molecule has 2 N–H and O–H groups in total. The summed E-state index contributed by atoms with van der Waals surface area (Å²) in [7, 11) is 1.60. The lowest BCUT2D eigenvalue weighted by Gasteiger charge is -2.34. The molecule has 0 saturated heterocycles. The fourth-order valence-electron chi connectivity index (χ4n) is 3.75. The van der Waals surface area contributed by atoms with Gasteiger partial charge in [0.05, 0.1) is 7.11 Å². The van der Waals surface area contributed by atoms with Crippen LogP contribution in [0.5, 0.6) is 11.5 Å². The predicted molar refractivity (Wildman–Crippen MR) is 131 cm³/mol. The highest BCUT2D eigenvalue weighted by Gasteiger charge is 2.26. The highest BCUT2D eigenvalue weighted by molar-refractivity contribution is 9.10. The van der Waals surface area contributed by atoms with E-state index < -0.39 is 0 Å². The zero-order chi connectivity index (χ0) is 23.2. The van der Waals surface area contributed by atoms with E-state index in [9.17, 15) is 4.79 Å². The number of amides is 1. The Morgan fingerprint density at radius 2 is 1.68 bits per heavy atom. The van der Waals surface area contributed by atoms with Gasteiger partial charge < -0.3 is 20.1 Å². The van der Waals surface area contributed by atoms with Crippen LogP contribution < -0.4 is 20.1 Å². The summed E-state index contributed by atoms with van der Waals surface area (Å²) in [5.74, 6) is 0.935. The summed E-state index contributed by atoms with van der Waals surface area (Å²) in [5, 5.41) is 6.49. The molecule has 2 aromatic rings. The first-order valence-corrected chi connectivity index (χ1v) is 11.3. The molecule has 0 spiro atoms. The molecular weight excluding hydrogens is 456 g/mol. The predicted octanol–water partition coefficient (Wildman–Crippen LogP) is 6.09. The fourth-order valence-corrected chi connectivity index (χ4v) is 4.21. The van der Waals surface area contributed by atoms with Gasteiger partial charge in [0.25, 0.3) is 5.91 Å². The first-order valence-electron chi connectivity index (χ1n) is 10.5. The van der Waals surface area contributed by atoms with Gasteiger partial charge >= 0.3 is 0 Å². The Hall–Kier alpha value is -2.05. The van der Waals surface area contributed by atoms with Crippen molar-refractivity contribution in [3.8, 4) is 11.5 Å². The van der Waals surface area contributed by atoms with E-state index in [-0.39, 0.29) is 23.5 Å². The van der Waals surface area contributed by atoms with Gasteiger partial charge in [-0.3, -0.25) is 4.79 Å². The monoisotopic (exact) mass is 490 g/mol. The van der Waals surface area contributed by atoms with E-state index in [1.54, 1.807) is 7.11 Å². The van der Waals surface area contributed by atoms with Gasteiger partial charge in [0.2, 0.25) is 0 Å². The van der Waals surface area contributed by atoms with Gasteiger partial charge in [-0.05, 0) is 56.9 Å². The number of carbonyl (C=O) groups is 1. The minimum atomic E-state index is -0.224. The van der Waals surface area contributed by atoms with Crippen LogP contribution in [0.15, 0.2) is 40.9 Å². The van der Waals surface area contributed by atoms with E-state index >= 15 is 0 Å². The number of aryl methyl sites for hydroxylation is 1. The van der Waals surface area contributed by atoms with E-state index in [4.69, 9.17) is 9.47 Å². The maximum atomic E-state index is 12.4. The molecule has 0 aliphatic rings. The van der Waals surface area contributed by atoms with Gasteiger partial charge in [-0.2, -0.15) is 0 Å². The summed E-state index contributed by atoms with van der Waals surface area (Å²) in [5.41, 5.74) is 2.94. The molecule has 0 radical (unpaired) electrons. The lowest BCUT2D eigenvalue weighted by atomic mass is 9.81. The average Bonchev–Trinajstić information content (AvgIpc) is 2.65. The Morgan fingerprint density at radius 1 is 1.03 bits per heavy atom. The fraction of sp³-hybridized carbons (Fsp3) is 0.480. The molecule has 1 amide bonds. The molecule has 6 heteroatoms. The van der Waals surface area contributed by atoms with Crippen LogP contribution in [0.25, 0.3) is 0 Å². The van der Waals surface area contributed by atoms with E-state index in [1.807, 2.05) is 43.3 Å². The van der Waals surface area contributed by atoms with Crippen molar-refractivity contribution in [3.05, 3.63) is 52.0 Å². The Balaban J connectivity index is 2.13. The number of hydrogen-bond acceptors (Lipinski definition) is 4. The minimum absolute atomic E-state index is 0.0686. The maximum absolute atomic E-state index is 12.4. The SMILES string of the molecule is COc1ccc(Br)c(CNC(C)(C)CC(C)(C)C)c1OCC(=O)Nc1ccc(C)cc1. The molecule has 2 rings (SSSR count). The number of anilines is 1. The second-order valence-corrected chi connectivity index (χ2v) is 10.6. The van der Waals surface area contributed by atoms with Crippen molar-refractivity contribution in [1.82, 2.24) is 5.32 Å². The molecule has 2 aromatic carbocycles. The highest BCUT2D eigenvalue weighted by Crippen LogP contribution is 2.37. The Bertz CT molecular complexity index is 887. The van der Waals surface area contributed by atoms with E-state index in [0.29, 0.717) is 18.0 Å². The van der Waals surface area contributed by atoms with Crippen molar-refractivity contribution in [1.29, 1.82) is 0 Å². The quantitative estimate of drug-likeness (QED) is 0.446. The summed E-state index contributed by atoms with van der Waals surface area (Å²) < 4.78 is 12.4. The van der Waals surface area contributed by atoms with Crippen molar-refractivity contribution in [2.75, 3.05) is 19.0 Å². The van der Waals surface area contributed by atoms with Crippen molar-refractivity contribution < 1.29 is 14.3 Å². The molecule has 5 nitrogen and oxygen atoms in total. The van der Waals surface area contributed by atoms with Crippen molar-refractivity contribution in [2.24, 2.45) is 5.41 Å². The Labute approximate surface area is 195 Å². The molecule has 0 heterocycles. The number of nitrogens with one attached hydrogen (secondary N) is 2. The molecule has 0 saturated carbocycles. The van der Waals surface area contributed by atoms with Crippen molar-refractivity contribution in [2.45, 2.75) is 60.0 Å². The van der Waals surface area contributed by atoms with Crippen molar-refractivity contribution in [3.63, 3.8) is 0 Å². The number of methoxy groups -OCH3 is 1. The van der Waals surface area contributed by atoms with E-state index in [1.165, 1.54) is 0 Å². The molecule has 0 atom stereocenters. The molecular formula is C25H35BrN2O3. The maximum Gasteiger partial charge on any atom is 0.262 e. The molecule has 0 bridgehead atoms. The average molecular weight is 491 g/mol. The van der Waals surface area contributed by atoms with Gasteiger partial charge in [-0.25, -0.2) is 0 Å². The zero-order valence-corrected chi connectivity index (χ0v) is 21.3. The summed E-state index contributed by atoms with van der Waals surface area (Å²) in [6.07, 6.45) is 1.01. The van der Waals surface area contributed by atoms with Crippen LogP contribution in [0, 0.1) is 12.3 Å². The molecule has 0 aliphatic carbocycles. The number of ether oxygens (including phenoxy) is 2. The Kier molecular flexibility index (Phi) is 8.55. The van der Waals surface area contributed by atoms with Crippen LogP contribution >= 0.6 is 15.9 Å². The first kappa shape index (κ1) is 25.2. The number of benzene rings is 2. The summed E-state index contributed by atoms with van der Waals surface area (Å²) in [4.78, 5) is 12.4. The minimum Gasteiger partial charge on any atom is -0.493 e. The van der Waals surface area contributed by atoms with Crippen LogP contribution in [0.4, 0.5) is 5.69 Å². The number of rotatable bonds is 9. The topological polar surface area (TPSA) is 59.6 Å². The summed E-state index contributed by atoms with van der Waals surface area (Å²) in [6.45, 7) is 13.6. The number of halogens is 1. The van der Waals surface area contributed by atoms with E-state index in [2.05, 4.69) is 61.2 Å². The van der Waals surface area contributed by atoms with Crippen LogP contribution in [0.3, 0.4) is 0 Å². The van der Waals surface area contributed by atoms with Crippen LogP contribution in [0.1, 0.15) is 52.2 Å². The normalized spacial score (nSPS) is 11.9. The van der Waals surface area contributed by atoms with Crippen LogP contribution in [0.2, 0.25) is 0 Å². The van der Waals surface area contributed by atoms with Gasteiger partial charge in [-0.1, -0.05) is 54.4 Å². The van der Waals surface area contributed by atoms with Crippen LogP contribution in [-0.2, 0) is 11.3 Å². The summed E-state index contributed by atoms with van der Waals surface area (Å²) in [6, 6.07) is 11.4. The smallest absolute Gasteiger partial charge is 0.262 e. The second kappa shape index (κ2) is 10.5. The van der Waals surface area contributed by atoms with Gasteiger partial charge in [-0.15, -0.1) is 0 Å². The standard InChI is InChI=1S/C25H35BrN2O3/c1-17-8-10-18(11-9-17)28-22(29)15-31-23-19(20(26)12-13-21(23)30-7)14-27-25(5,6)16-24(2,3)4/h8-13,27H,14-16H2,1-7H3,(H,28,29). The molecule has 0 unspecified atom stereocenters. The summed E-state index contributed by atoms with van der Waals surface area (Å²) >= 11 is 3.63. The van der Waals surface area contributed by atoms with Crippen LogP contribution in [-0.4, -0.2) is 25.2 Å².